The second-order valence-corrected chi connectivity index (χ2v) is 23.5. The fourth-order valence-electron chi connectivity index (χ4n) is 14.5. The zero-order chi connectivity index (χ0) is 45.5. The fraction of sp³-hybridized carbons (Fsp3) is 0.323. The van der Waals surface area contributed by atoms with Gasteiger partial charge in [0.2, 0.25) is 0 Å². The number of benzene rings is 7. The minimum absolute atomic E-state index is 0.0239. The molecule has 3 nitrogen and oxygen atoms in total. The van der Waals surface area contributed by atoms with Crippen LogP contribution in [0.25, 0.3) is 0 Å². The summed E-state index contributed by atoms with van der Waals surface area (Å²) in [5, 5.41) is 0. The second-order valence-electron chi connectivity index (χ2n) is 23.5. The molecule has 0 amide bonds. The second kappa shape index (κ2) is 12.9. The molecule has 66 heavy (non-hydrogen) atoms. The summed E-state index contributed by atoms with van der Waals surface area (Å²) in [6.45, 7) is 24.7. The third kappa shape index (κ3) is 4.81. The zero-order valence-corrected chi connectivity index (χ0v) is 40.6. The minimum atomic E-state index is -0.356. The molecule has 7 aromatic carbocycles. The van der Waals surface area contributed by atoms with E-state index >= 15 is 0 Å². The molecule has 2 aliphatic carbocycles. The third-order valence-electron chi connectivity index (χ3n) is 18.4. The van der Waals surface area contributed by atoms with Crippen LogP contribution in [0.4, 0.5) is 39.8 Å². The molecule has 4 heteroatoms. The summed E-state index contributed by atoms with van der Waals surface area (Å²) in [5.74, 6) is 0. The Balaban J connectivity index is 1.19. The van der Waals surface area contributed by atoms with Crippen molar-refractivity contribution in [2.45, 2.75) is 128 Å². The maximum atomic E-state index is 2.90. The lowest BCUT2D eigenvalue weighted by atomic mass is 9.33. The monoisotopic (exact) mass is 860 g/mol. The highest BCUT2D eigenvalue weighted by Crippen LogP contribution is 2.67. The predicted octanol–water partition coefficient (Wildman–Crippen LogP) is 13.4. The van der Waals surface area contributed by atoms with E-state index in [1.54, 1.807) is 0 Å². The van der Waals surface area contributed by atoms with E-state index in [2.05, 4.69) is 230 Å². The highest BCUT2D eigenvalue weighted by atomic mass is 15.3. The Hall–Kier alpha value is -6.00. The molecule has 0 saturated heterocycles. The minimum Gasteiger partial charge on any atom is -0.331 e. The number of hydrogen-bond acceptors (Lipinski definition) is 3. The van der Waals surface area contributed by atoms with Crippen LogP contribution in [0, 0.1) is 0 Å². The first-order valence-electron chi connectivity index (χ1n) is 24.7. The highest BCUT2D eigenvalue weighted by Gasteiger charge is 2.65. The molecule has 4 atom stereocenters. The Kier molecular flexibility index (Phi) is 7.88. The molecule has 0 saturated carbocycles. The predicted molar refractivity (Wildman–Crippen MR) is 279 cm³/mol. The van der Waals surface area contributed by atoms with E-state index in [0.29, 0.717) is 0 Å². The summed E-state index contributed by atoms with van der Waals surface area (Å²) in [6.07, 6.45) is 4.34. The van der Waals surface area contributed by atoms with Crippen molar-refractivity contribution in [3.8, 4) is 0 Å². The van der Waals surface area contributed by atoms with E-state index in [1.807, 2.05) is 0 Å². The highest BCUT2D eigenvalue weighted by molar-refractivity contribution is 7.00. The lowest BCUT2D eigenvalue weighted by Crippen LogP contribution is -2.64. The average molecular weight is 860 g/mol. The van der Waals surface area contributed by atoms with Crippen LogP contribution in [0.1, 0.15) is 127 Å². The first kappa shape index (κ1) is 40.3. The number of aryl methyl sites for hydroxylation is 2. The van der Waals surface area contributed by atoms with E-state index in [1.165, 1.54) is 101 Å². The largest absolute Gasteiger partial charge is 0.331 e. The van der Waals surface area contributed by atoms with E-state index in [4.69, 9.17) is 0 Å². The molecule has 0 spiro atoms. The van der Waals surface area contributed by atoms with Crippen molar-refractivity contribution >= 4 is 62.9 Å². The summed E-state index contributed by atoms with van der Waals surface area (Å²) < 4.78 is 0. The fourth-order valence-corrected chi connectivity index (χ4v) is 14.5. The number of hydrogen-bond donors (Lipinski definition) is 0. The molecule has 328 valence electrons. The van der Waals surface area contributed by atoms with E-state index in [9.17, 15) is 0 Å². The van der Waals surface area contributed by atoms with Gasteiger partial charge in [-0.15, -0.1) is 0 Å². The van der Waals surface area contributed by atoms with Crippen LogP contribution in [0.5, 0.6) is 0 Å². The molecule has 0 radical (unpaired) electrons. The van der Waals surface area contributed by atoms with Gasteiger partial charge in [0.1, 0.15) is 0 Å². The van der Waals surface area contributed by atoms with E-state index in [-0.39, 0.29) is 39.5 Å². The maximum Gasteiger partial charge on any atom is 0.252 e. The molecular formula is C62H62BN3. The van der Waals surface area contributed by atoms with Crippen molar-refractivity contribution in [2.75, 3.05) is 14.7 Å². The molecule has 4 unspecified atom stereocenters. The van der Waals surface area contributed by atoms with Crippen molar-refractivity contribution in [1.82, 2.24) is 0 Å². The van der Waals surface area contributed by atoms with Crippen LogP contribution in [-0.2, 0) is 45.6 Å². The van der Waals surface area contributed by atoms with Gasteiger partial charge in [-0.3, -0.25) is 0 Å². The summed E-state index contributed by atoms with van der Waals surface area (Å²) in [5.41, 5.74) is 24.1. The Morgan fingerprint density at radius 3 is 1.67 bits per heavy atom. The Bertz CT molecular complexity index is 3230. The topological polar surface area (TPSA) is 9.72 Å². The van der Waals surface area contributed by atoms with Crippen LogP contribution < -0.4 is 31.1 Å². The normalized spacial score (nSPS) is 25.0. The van der Waals surface area contributed by atoms with Crippen LogP contribution >= 0.6 is 0 Å². The SMILES string of the molecule is CC(C)(C)c1ccc2c(c1)C1(C)CCc3ccccc3C1(C)N2c1cc2c3c(c1)N1c4c(cc(C(C)(C)C)cc4C4(C)CCc5ccccc5C14C)B3c1ccccc1N2c1ccccc1. The van der Waals surface area contributed by atoms with Crippen molar-refractivity contribution in [3.63, 3.8) is 0 Å². The number of fused-ring (bicyclic) bond motifs is 14. The van der Waals surface area contributed by atoms with Gasteiger partial charge in [-0.05, 0) is 148 Å². The van der Waals surface area contributed by atoms with Gasteiger partial charge < -0.3 is 14.7 Å². The molecule has 0 N–H and O–H groups in total. The van der Waals surface area contributed by atoms with Gasteiger partial charge in [-0.1, -0.05) is 165 Å². The van der Waals surface area contributed by atoms with Gasteiger partial charge in [0.05, 0.1) is 11.1 Å². The molecule has 0 bridgehead atoms. The van der Waals surface area contributed by atoms with Gasteiger partial charge in [-0.2, -0.15) is 0 Å². The van der Waals surface area contributed by atoms with Crippen molar-refractivity contribution in [1.29, 1.82) is 0 Å². The quantitative estimate of drug-likeness (QED) is 0.160. The molecule has 0 aromatic heterocycles. The van der Waals surface area contributed by atoms with E-state index < -0.39 is 0 Å². The number of rotatable bonds is 2. The summed E-state index contributed by atoms with van der Waals surface area (Å²) in [7, 11) is 0. The average Bonchev–Trinajstić information content (AvgIpc) is 3.65. The van der Waals surface area contributed by atoms with Crippen LogP contribution in [0.2, 0.25) is 0 Å². The van der Waals surface area contributed by atoms with Crippen LogP contribution in [0.15, 0.2) is 146 Å². The number of anilines is 7. The van der Waals surface area contributed by atoms with Crippen LogP contribution in [-0.4, -0.2) is 6.71 Å². The Morgan fingerprint density at radius 2 is 1.00 bits per heavy atom. The summed E-state index contributed by atoms with van der Waals surface area (Å²) in [6, 6.07) is 57.3. The molecule has 13 rings (SSSR count). The lowest BCUT2D eigenvalue weighted by Gasteiger charge is -2.54. The molecule has 4 aliphatic heterocycles. The van der Waals surface area contributed by atoms with Gasteiger partial charge >= 0.3 is 0 Å². The third-order valence-corrected chi connectivity index (χ3v) is 18.4. The Labute approximate surface area is 393 Å². The molecule has 4 heterocycles. The molecular weight excluding hydrogens is 798 g/mol. The molecule has 0 fully saturated rings. The zero-order valence-electron chi connectivity index (χ0n) is 40.6. The summed E-state index contributed by atoms with van der Waals surface area (Å²) in [4.78, 5) is 8.32. The first-order valence-corrected chi connectivity index (χ1v) is 24.7. The van der Waals surface area contributed by atoms with Crippen molar-refractivity contribution in [2.24, 2.45) is 0 Å². The standard InChI is InChI=1S/C62H62BN3/c1-57(2,3)41-28-29-51-47(34-41)59(7)32-30-39-20-14-16-24-45(39)61(59,9)65(51)44-37-53-55-54(38-44)66-56-48(60(8)33-31-40-21-15-17-25-46(40)62(60,66)10)35-42(58(4,5)6)36-50(56)63(55)49-26-18-19-27-52(49)64(53)43-22-12-11-13-23-43/h11-29,34-38H,30-33H2,1-10H3. The molecule has 6 aliphatic rings. The maximum absolute atomic E-state index is 2.90. The van der Waals surface area contributed by atoms with E-state index in [0.717, 1.165) is 25.7 Å². The Morgan fingerprint density at radius 1 is 0.439 bits per heavy atom. The van der Waals surface area contributed by atoms with Gasteiger partial charge in [-0.25, -0.2) is 0 Å². The first-order chi connectivity index (χ1) is 31.5. The molecule has 7 aromatic rings. The van der Waals surface area contributed by atoms with Crippen molar-refractivity contribution < 1.29 is 0 Å². The van der Waals surface area contributed by atoms with Gasteiger partial charge in [0.25, 0.3) is 6.71 Å². The number of nitrogens with zero attached hydrogens (tertiary/aromatic N) is 3. The summed E-state index contributed by atoms with van der Waals surface area (Å²) >= 11 is 0. The van der Waals surface area contributed by atoms with Gasteiger partial charge in [0.15, 0.2) is 0 Å². The van der Waals surface area contributed by atoms with Crippen molar-refractivity contribution in [3.05, 3.63) is 190 Å². The van der Waals surface area contributed by atoms with Gasteiger partial charge in [0, 0.05) is 50.6 Å². The number of para-hydroxylation sites is 2. The smallest absolute Gasteiger partial charge is 0.252 e. The lowest BCUT2D eigenvalue weighted by molar-refractivity contribution is 0.244. The van der Waals surface area contributed by atoms with Crippen LogP contribution in [0.3, 0.4) is 0 Å².